The van der Waals surface area contributed by atoms with Crippen molar-refractivity contribution in [3.8, 4) is 11.5 Å². The van der Waals surface area contributed by atoms with Gasteiger partial charge in [0, 0.05) is 0 Å². The SMILES string of the molecule is Cc1cc(O[C@@H]2O[C@H](CO)[C@@H](O)[C@H](O)[C@H]2O)c(CCC(C)(C)O)cc1O. The molecule has 0 saturated carbocycles. The third-order valence-electron chi connectivity index (χ3n) is 4.48. The van der Waals surface area contributed by atoms with Crippen molar-refractivity contribution in [2.75, 3.05) is 6.61 Å². The van der Waals surface area contributed by atoms with Crippen LogP contribution >= 0.6 is 0 Å². The number of aliphatic hydroxyl groups excluding tert-OH is 4. The Morgan fingerprint density at radius 3 is 2.35 bits per heavy atom. The summed E-state index contributed by atoms with van der Waals surface area (Å²) in [5, 5.41) is 59.0. The van der Waals surface area contributed by atoms with Gasteiger partial charge in [-0.1, -0.05) is 0 Å². The summed E-state index contributed by atoms with van der Waals surface area (Å²) in [6, 6.07) is 3.08. The Kier molecular flexibility index (Phi) is 6.49. The highest BCUT2D eigenvalue weighted by molar-refractivity contribution is 5.45. The first-order chi connectivity index (χ1) is 12.0. The van der Waals surface area contributed by atoms with E-state index in [0.717, 1.165) is 0 Å². The van der Waals surface area contributed by atoms with Crippen LogP contribution in [0.25, 0.3) is 0 Å². The van der Waals surface area contributed by atoms with Crippen molar-refractivity contribution >= 4 is 0 Å². The normalized spacial score (nSPS) is 29.6. The number of rotatable bonds is 6. The summed E-state index contributed by atoms with van der Waals surface area (Å²) in [7, 11) is 0. The summed E-state index contributed by atoms with van der Waals surface area (Å²) in [6.45, 7) is 4.46. The van der Waals surface area contributed by atoms with E-state index in [1.807, 2.05) is 0 Å². The summed E-state index contributed by atoms with van der Waals surface area (Å²) >= 11 is 0. The second-order valence-electron chi connectivity index (χ2n) is 7.37. The van der Waals surface area contributed by atoms with Crippen LogP contribution in [0, 0.1) is 6.92 Å². The van der Waals surface area contributed by atoms with Crippen LogP contribution in [-0.2, 0) is 11.2 Å². The molecule has 0 unspecified atom stereocenters. The molecule has 1 aliphatic heterocycles. The zero-order chi connectivity index (χ0) is 19.6. The molecule has 6 N–H and O–H groups in total. The molecule has 148 valence electrons. The number of phenols is 1. The fraction of sp³-hybridized carbons (Fsp3) is 0.667. The maximum atomic E-state index is 10.1. The van der Waals surface area contributed by atoms with Gasteiger partial charge in [0.25, 0.3) is 0 Å². The van der Waals surface area contributed by atoms with E-state index >= 15 is 0 Å². The molecule has 0 aromatic heterocycles. The summed E-state index contributed by atoms with van der Waals surface area (Å²) in [5.74, 6) is 0.380. The van der Waals surface area contributed by atoms with Crippen LogP contribution in [0.5, 0.6) is 11.5 Å². The molecule has 2 rings (SSSR count). The Morgan fingerprint density at radius 1 is 1.12 bits per heavy atom. The molecule has 1 fully saturated rings. The van der Waals surface area contributed by atoms with Crippen LogP contribution in [0.3, 0.4) is 0 Å². The number of aromatic hydroxyl groups is 1. The molecule has 0 amide bonds. The Balaban J connectivity index is 2.25. The van der Waals surface area contributed by atoms with Gasteiger partial charge >= 0.3 is 0 Å². The van der Waals surface area contributed by atoms with Crippen LogP contribution in [0.4, 0.5) is 0 Å². The Morgan fingerprint density at radius 2 is 1.77 bits per heavy atom. The van der Waals surface area contributed by atoms with Gasteiger partial charge in [-0.2, -0.15) is 0 Å². The van der Waals surface area contributed by atoms with Gasteiger partial charge in [0.05, 0.1) is 12.2 Å². The van der Waals surface area contributed by atoms with E-state index in [4.69, 9.17) is 9.47 Å². The molecule has 1 saturated heterocycles. The average molecular weight is 372 g/mol. The fourth-order valence-corrected chi connectivity index (χ4v) is 2.75. The lowest BCUT2D eigenvalue weighted by atomic mass is 9.97. The maximum absolute atomic E-state index is 10.1. The second-order valence-corrected chi connectivity index (χ2v) is 7.37. The van der Waals surface area contributed by atoms with Crippen molar-refractivity contribution in [3.05, 3.63) is 23.3 Å². The molecule has 8 heteroatoms. The van der Waals surface area contributed by atoms with Gasteiger partial charge in [-0.25, -0.2) is 0 Å². The zero-order valence-corrected chi connectivity index (χ0v) is 15.2. The van der Waals surface area contributed by atoms with Gasteiger partial charge < -0.3 is 40.1 Å². The predicted octanol–water partition coefficient (Wildman–Crippen LogP) is -0.417. The minimum absolute atomic E-state index is 0.0666. The molecular weight excluding hydrogens is 344 g/mol. The lowest BCUT2D eigenvalue weighted by Gasteiger charge is -2.39. The molecule has 0 spiro atoms. The van der Waals surface area contributed by atoms with Crippen LogP contribution in [0.15, 0.2) is 12.1 Å². The molecule has 0 radical (unpaired) electrons. The summed E-state index contributed by atoms with van der Waals surface area (Å²) in [6.07, 6.45) is -6.11. The molecule has 8 nitrogen and oxygen atoms in total. The fourth-order valence-electron chi connectivity index (χ4n) is 2.75. The maximum Gasteiger partial charge on any atom is 0.229 e. The van der Waals surface area contributed by atoms with Gasteiger partial charge in [-0.3, -0.25) is 0 Å². The number of phenolic OH excluding ortho intramolecular Hbond substituents is 1. The Bertz CT molecular complexity index is 610. The van der Waals surface area contributed by atoms with Crippen molar-refractivity contribution in [3.63, 3.8) is 0 Å². The Labute approximate surface area is 152 Å². The van der Waals surface area contributed by atoms with E-state index in [0.29, 0.717) is 29.7 Å². The van der Waals surface area contributed by atoms with Gasteiger partial charge in [0.15, 0.2) is 0 Å². The van der Waals surface area contributed by atoms with Crippen molar-refractivity contribution in [1.29, 1.82) is 0 Å². The topological polar surface area (TPSA) is 140 Å². The van der Waals surface area contributed by atoms with E-state index in [1.54, 1.807) is 26.8 Å². The van der Waals surface area contributed by atoms with Crippen LogP contribution in [0.1, 0.15) is 31.4 Å². The first-order valence-electron chi connectivity index (χ1n) is 8.55. The summed E-state index contributed by atoms with van der Waals surface area (Å²) in [4.78, 5) is 0. The smallest absolute Gasteiger partial charge is 0.229 e. The van der Waals surface area contributed by atoms with Gasteiger partial charge in [-0.15, -0.1) is 0 Å². The molecule has 0 bridgehead atoms. The average Bonchev–Trinajstić information content (AvgIpc) is 2.56. The predicted molar refractivity (Wildman–Crippen MR) is 91.9 cm³/mol. The minimum Gasteiger partial charge on any atom is -0.508 e. The van der Waals surface area contributed by atoms with Gasteiger partial charge in [0.1, 0.15) is 35.9 Å². The molecule has 26 heavy (non-hydrogen) atoms. The van der Waals surface area contributed by atoms with Gasteiger partial charge in [-0.05, 0) is 56.9 Å². The lowest BCUT2D eigenvalue weighted by Crippen LogP contribution is -2.60. The van der Waals surface area contributed by atoms with E-state index in [2.05, 4.69) is 0 Å². The van der Waals surface area contributed by atoms with Crippen molar-refractivity contribution in [2.45, 2.75) is 69.9 Å². The van der Waals surface area contributed by atoms with Crippen LogP contribution in [-0.4, -0.2) is 73.6 Å². The molecule has 1 aromatic carbocycles. The molecule has 1 aliphatic rings. The van der Waals surface area contributed by atoms with Crippen molar-refractivity contribution < 1.29 is 40.1 Å². The number of ether oxygens (including phenoxy) is 2. The molecule has 5 atom stereocenters. The number of aliphatic hydroxyl groups is 5. The molecule has 0 aliphatic carbocycles. The molecular formula is C18H28O8. The number of hydrogen-bond acceptors (Lipinski definition) is 8. The number of benzene rings is 1. The molecule has 1 heterocycles. The summed E-state index contributed by atoms with van der Waals surface area (Å²) in [5.41, 5.74) is 0.213. The highest BCUT2D eigenvalue weighted by Crippen LogP contribution is 2.32. The van der Waals surface area contributed by atoms with E-state index in [9.17, 15) is 30.6 Å². The zero-order valence-electron chi connectivity index (χ0n) is 15.2. The highest BCUT2D eigenvalue weighted by atomic mass is 16.7. The minimum atomic E-state index is -1.54. The van der Waals surface area contributed by atoms with Crippen LogP contribution in [0.2, 0.25) is 0 Å². The highest BCUT2D eigenvalue weighted by Gasteiger charge is 2.44. The first-order valence-corrected chi connectivity index (χ1v) is 8.55. The monoisotopic (exact) mass is 372 g/mol. The standard InChI is InChI=1S/C18H28O8/c1-9-6-12(10(7-11(9)20)4-5-18(2,3)24)25-17-16(23)15(22)14(21)13(8-19)26-17/h6-7,13-17,19-24H,4-5,8H2,1-3H3/t13-,14-,15+,16-,17-/m1/s1. The van der Waals surface area contributed by atoms with Crippen molar-refractivity contribution in [1.82, 2.24) is 0 Å². The van der Waals surface area contributed by atoms with E-state index in [-0.39, 0.29) is 5.75 Å². The third kappa shape index (κ3) is 4.85. The number of aryl methyl sites for hydroxylation is 2. The molecule has 1 aromatic rings. The lowest BCUT2D eigenvalue weighted by molar-refractivity contribution is -0.277. The number of hydrogen-bond donors (Lipinski definition) is 6. The quantitative estimate of drug-likeness (QED) is 0.396. The van der Waals surface area contributed by atoms with E-state index in [1.165, 1.54) is 6.07 Å². The van der Waals surface area contributed by atoms with E-state index < -0.39 is 42.9 Å². The third-order valence-corrected chi connectivity index (χ3v) is 4.48. The second kappa shape index (κ2) is 8.08. The summed E-state index contributed by atoms with van der Waals surface area (Å²) < 4.78 is 11.1. The largest absolute Gasteiger partial charge is 0.508 e. The van der Waals surface area contributed by atoms with Crippen molar-refractivity contribution in [2.24, 2.45) is 0 Å². The van der Waals surface area contributed by atoms with Crippen LogP contribution < -0.4 is 4.74 Å². The van der Waals surface area contributed by atoms with Gasteiger partial charge in [0.2, 0.25) is 6.29 Å². The first kappa shape index (κ1) is 20.9. The Hall–Kier alpha value is -1.42.